The summed E-state index contributed by atoms with van der Waals surface area (Å²) >= 11 is 0. The molecule has 0 spiro atoms. The lowest BCUT2D eigenvalue weighted by molar-refractivity contribution is -0.145. The summed E-state index contributed by atoms with van der Waals surface area (Å²) in [6, 6.07) is 9.36. The second-order valence-electron chi connectivity index (χ2n) is 9.35. The molecule has 2 fully saturated rings. The van der Waals surface area contributed by atoms with E-state index in [-0.39, 0.29) is 37.2 Å². The molecule has 1 unspecified atom stereocenters. The fourth-order valence-corrected chi connectivity index (χ4v) is 5.04. The van der Waals surface area contributed by atoms with Gasteiger partial charge in [0.25, 0.3) is 0 Å². The molecule has 1 saturated carbocycles. The summed E-state index contributed by atoms with van der Waals surface area (Å²) in [5.41, 5.74) is 0.928. The van der Waals surface area contributed by atoms with Crippen LogP contribution < -0.4 is 9.47 Å². The van der Waals surface area contributed by atoms with Crippen LogP contribution in [0.4, 0.5) is 0 Å². The Labute approximate surface area is 199 Å². The first-order valence-electron chi connectivity index (χ1n) is 12.2. The van der Waals surface area contributed by atoms with E-state index in [1.807, 2.05) is 30.3 Å². The zero-order valence-corrected chi connectivity index (χ0v) is 19.4. The Morgan fingerprint density at radius 1 is 0.941 bits per heavy atom. The van der Waals surface area contributed by atoms with Crippen molar-refractivity contribution in [3.8, 4) is 11.5 Å². The number of carbonyl (C=O) groups is 2. The molecule has 0 N–H and O–H groups in total. The number of hydrogen-bond acceptors (Lipinski definition) is 6. The van der Waals surface area contributed by atoms with E-state index in [9.17, 15) is 9.59 Å². The van der Waals surface area contributed by atoms with Crippen molar-refractivity contribution in [3.63, 3.8) is 0 Å². The van der Waals surface area contributed by atoms with E-state index in [4.69, 9.17) is 18.6 Å². The highest BCUT2D eigenvalue weighted by molar-refractivity contribution is 5.86. The molecular weight excluding hydrogens is 436 g/mol. The second-order valence-corrected chi connectivity index (χ2v) is 9.35. The number of furan rings is 1. The lowest BCUT2D eigenvalue weighted by atomic mass is 10.1. The van der Waals surface area contributed by atoms with Gasteiger partial charge in [0.1, 0.15) is 5.76 Å². The molecule has 3 heterocycles. The third kappa shape index (κ3) is 5.38. The first-order chi connectivity index (χ1) is 16.7. The Bertz CT molecular complexity index is 979. The largest absolute Gasteiger partial charge is 0.467 e. The van der Waals surface area contributed by atoms with Crippen LogP contribution in [0, 0.1) is 5.92 Å². The number of carbonyl (C=O) groups excluding carboxylic acids is 2. The van der Waals surface area contributed by atoms with E-state index in [0.717, 1.165) is 50.7 Å². The molecule has 3 aliphatic rings. The summed E-state index contributed by atoms with van der Waals surface area (Å²) in [5, 5.41) is 0. The highest BCUT2D eigenvalue weighted by Crippen LogP contribution is 2.33. The first kappa shape index (κ1) is 22.8. The Morgan fingerprint density at radius 2 is 1.79 bits per heavy atom. The van der Waals surface area contributed by atoms with Gasteiger partial charge in [-0.25, -0.2) is 0 Å². The number of nitrogens with zero attached hydrogens (tertiary/aromatic N) is 2. The number of benzene rings is 1. The first-order valence-corrected chi connectivity index (χ1v) is 12.2. The maximum absolute atomic E-state index is 13.6. The zero-order valence-electron chi connectivity index (χ0n) is 19.4. The van der Waals surface area contributed by atoms with Crippen molar-refractivity contribution >= 4 is 11.8 Å². The van der Waals surface area contributed by atoms with Crippen molar-refractivity contribution in [1.82, 2.24) is 9.80 Å². The molecule has 1 saturated heterocycles. The van der Waals surface area contributed by atoms with Gasteiger partial charge >= 0.3 is 0 Å². The van der Waals surface area contributed by atoms with E-state index in [2.05, 4.69) is 0 Å². The molecule has 2 aromatic rings. The number of rotatable bonds is 9. The maximum Gasteiger partial charge on any atom is 0.242 e. The third-order valence-corrected chi connectivity index (χ3v) is 6.88. The fraction of sp³-hybridized carbons (Fsp3) is 0.538. The normalized spacial score (nSPS) is 19.5. The van der Waals surface area contributed by atoms with E-state index in [1.54, 1.807) is 16.1 Å². The molecule has 2 amide bonds. The Kier molecular flexibility index (Phi) is 7.04. The molecule has 2 aliphatic heterocycles. The van der Waals surface area contributed by atoms with Crippen molar-refractivity contribution in [2.75, 3.05) is 26.5 Å². The minimum absolute atomic E-state index is 0.00513. The second kappa shape index (κ2) is 10.5. The van der Waals surface area contributed by atoms with E-state index >= 15 is 0 Å². The number of ether oxygens (including phenoxy) is 3. The summed E-state index contributed by atoms with van der Waals surface area (Å²) < 4.78 is 22.2. The summed E-state index contributed by atoms with van der Waals surface area (Å²) in [6.45, 7) is 2.14. The Morgan fingerprint density at radius 3 is 2.56 bits per heavy atom. The summed E-state index contributed by atoms with van der Waals surface area (Å²) in [5.74, 6) is 2.07. The maximum atomic E-state index is 13.6. The van der Waals surface area contributed by atoms with Crippen LogP contribution in [-0.2, 0) is 27.4 Å². The predicted molar refractivity (Wildman–Crippen MR) is 123 cm³/mol. The number of fused-ring (bicyclic) bond motifs is 1. The van der Waals surface area contributed by atoms with Gasteiger partial charge in [-0.15, -0.1) is 0 Å². The molecule has 5 rings (SSSR count). The molecule has 0 bridgehead atoms. The zero-order chi connectivity index (χ0) is 23.3. The molecule has 1 aromatic carbocycles. The van der Waals surface area contributed by atoms with Gasteiger partial charge in [0.05, 0.1) is 25.5 Å². The molecule has 8 heteroatoms. The van der Waals surface area contributed by atoms with E-state index in [0.29, 0.717) is 36.9 Å². The Balaban J connectivity index is 1.32. The quantitative estimate of drug-likeness (QED) is 0.558. The molecule has 1 atom stereocenters. The molecule has 1 aliphatic carbocycles. The molecule has 34 heavy (non-hydrogen) atoms. The average Bonchev–Trinajstić information content (AvgIpc) is 3.65. The van der Waals surface area contributed by atoms with Crippen molar-refractivity contribution in [2.45, 2.75) is 57.7 Å². The third-order valence-electron chi connectivity index (χ3n) is 6.88. The van der Waals surface area contributed by atoms with Gasteiger partial charge in [-0.1, -0.05) is 18.9 Å². The van der Waals surface area contributed by atoms with Crippen LogP contribution in [0.5, 0.6) is 11.5 Å². The van der Waals surface area contributed by atoms with Crippen LogP contribution in [-0.4, -0.2) is 54.2 Å². The van der Waals surface area contributed by atoms with Gasteiger partial charge in [0.15, 0.2) is 11.5 Å². The van der Waals surface area contributed by atoms with Crippen LogP contribution in [0.25, 0.3) is 0 Å². The van der Waals surface area contributed by atoms with Crippen molar-refractivity contribution in [2.24, 2.45) is 5.92 Å². The van der Waals surface area contributed by atoms with E-state index < -0.39 is 0 Å². The SMILES string of the molecule is O=C(CN(CC1CCCO1)C(=O)C1CCCC1)N(Cc1ccc2c(c1)OCO2)Cc1ccco1. The summed E-state index contributed by atoms with van der Waals surface area (Å²) in [6.07, 6.45) is 7.50. The fourth-order valence-electron chi connectivity index (χ4n) is 5.04. The molecule has 8 nitrogen and oxygen atoms in total. The van der Waals surface area contributed by atoms with Crippen LogP contribution >= 0.6 is 0 Å². The van der Waals surface area contributed by atoms with Crippen molar-refractivity contribution < 1.29 is 28.2 Å². The highest BCUT2D eigenvalue weighted by Gasteiger charge is 2.32. The molecular formula is C26H32N2O6. The van der Waals surface area contributed by atoms with Gasteiger partial charge < -0.3 is 28.4 Å². The van der Waals surface area contributed by atoms with Gasteiger partial charge in [-0.2, -0.15) is 0 Å². The van der Waals surface area contributed by atoms with Gasteiger partial charge in [-0.05, 0) is 55.5 Å². The molecule has 1 aromatic heterocycles. The van der Waals surface area contributed by atoms with Crippen LogP contribution in [0.1, 0.15) is 49.8 Å². The van der Waals surface area contributed by atoms with Crippen LogP contribution in [0.2, 0.25) is 0 Å². The standard InChI is InChI=1S/C26H32N2O6/c29-25(17-28(16-22-8-4-12-32-22)26(30)20-5-1-2-6-20)27(15-21-7-3-11-31-21)14-19-9-10-23-24(13-19)34-18-33-23/h3,7,9-11,13,20,22H,1-2,4-6,8,12,14-18H2. The summed E-state index contributed by atoms with van der Waals surface area (Å²) in [4.78, 5) is 30.4. The molecule has 0 radical (unpaired) electrons. The van der Waals surface area contributed by atoms with Crippen LogP contribution in [0.3, 0.4) is 0 Å². The predicted octanol–water partition coefficient (Wildman–Crippen LogP) is 3.73. The minimum Gasteiger partial charge on any atom is -0.467 e. The highest BCUT2D eigenvalue weighted by atomic mass is 16.7. The van der Waals surface area contributed by atoms with Gasteiger partial charge in [-0.3, -0.25) is 9.59 Å². The monoisotopic (exact) mass is 468 g/mol. The van der Waals surface area contributed by atoms with Crippen molar-refractivity contribution in [3.05, 3.63) is 47.9 Å². The van der Waals surface area contributed by atoms with Crippen LogP contribution in [0.15, 0.2) is 41.0 Å². The van der Waals surface area contributed by atoms with Crippen molar-refractivity contribution in [1.29, 1.82) is 0 Å². The smallest absolute Gasteiger partial charge is 0.242 e. The average molecular weight is 469 g/mol. The Hall–Kier alpha value is -3.00. The van der Waals surface area contributed by atoms with E-state index in [1.165, 1.54) is 0 Å². The van der Waals surface area contributed by atoms with Gasteiger partial charge in [0.2, 0.25) is 18.6 Å². The topological polar surface area (TPSA) is 81.5 Å². The number of amides is 2. The lowest BCUT2D eigenvalue weighted by Crippen LogP contribution is -2.47. The lowest BCUT2D eigenvalue weighted by Gasteiger charge is -2.30. The minimum atomic E-state index is -0.113. The summed E-state index contributed by atoms with van der Waals surface area (Å²) in [7, 11) is 0. The number of hydrogen-bond donors (Lipinski definition) is 0. The molecule has 182 valence electrons. The van der Waals surface area contributed by atoms with Gasteiger partial charge in [0, 0.05) is 25.6 Å².